The van der Waals surface area contributed by atoms with Crippen LogP contribution in [0.25, 0.3) is 0 Å². The number of primary sulfonamides is 1. The molecule has 1 atom stereocenters. The predicted molar refractivity (Wildman–Crippen MR) is 125 cm³/mol. The minimum absolute atomic E-state index is 0.0468. The lowest BCUT2D eigenvalue weighted by Gasteiger charge is -2.19. The fraction of sp³-hybridized carbons (Fsp3) is 0.318. The number of carbonyl (C=O) groups excluding carboxylic acids is 2. The number of benzene rings is 2. The number of Topliss-reactive ketones (excluding diaryl/α,β-unsaturated/α-hetero) is 1. The van der Waals surface area contributed by atoms with Crippen LogP contribution in [0, 0.1) is 11.3 Å². The smallest absolute Gasteiger partial charge is 0.242 e. The molecule has 0 radical (unpaired) electrons. The van der Waals surface area contributed by atoms with Gasteiger partial charge < -0.3 is 10.1 Å². The number of nitrogens with two attached hydrogens (primary N) is 1. The molecule has 0 fully saturated rings. The van der Waals surface area contributed by atoms with Crippen LogP contribution in [0.5, 0.6) is 0 Å². The summed E-state index contributed by atoms with van der Waals surface area (Å²) in [6.07, 6.45) is 2.24. The molecule has 0 saturated heterocycles. The zero-order chi connectivity index (χ0) is 25.4. The maximum absolute atomic E-state index is 12.9. The van der Waals surface area contributed by atoms with Gasteiger partial charge in [-0.1, -0.05) is 18.9 Å². The largest absolute Gasteiger partial charge is 0.325 e. The van der Waals surface area contributed by atoms with E-state index in [0.717, 1.165) is 0 Å². The molecule has 4 N–H and O–H groups in total. The number of nitrogens with zero attached hydrogens (tertiary/aromatic N) is 1. The zero-order valence-corrected chi connectivity index (χ0v) is 20.2. The number of ketones is 1. The van der Waals surface area contributed by atoms with Crippen LogP contribution in [-0.2, 0) is 29.6 Å². The molecule has 12 heteroatoms. The van der Waals surface area contributed by atoms with E-state index in [4.69, 9.17) is 10.4 Å². The van der Waals surface area contributed by atoms with Gasteiger partial charge in [0.2, 0.25) is 26.0 Å². The van der Waals surface area contributed by atoms with E-state index >= 15 is 0 Å². The van der Waals surface area contributed by atoms with Crippen molar-refractivity contribution in [3.05, 3.63) is 54.1 Å². The van der Waals surface area contributed by atoms with Crippen molar-refractivity contribution in [1.82, 2.24) is 4.72 Å². The van der Waals surface area contributed by atoms with Gasteiger partial charge in [0.05, 0.1) is 21.4 Å². The van der Waals surface area contributed by atoms with Crippen molar-refractivity contribution in [2.24, 2.45) is 5.14 Å². The average Bonchev–Trinajstić information content (AvgIpc) is 2.77. The molecule has 2 aromatic rings. The molecule has 1 unspecified atom stereocenters. The molecule has 0 aliphatic carbocycles. The Bertz CT molecular complexity index is 1280. The lowest BCUT2D eigenvalue weighted by molar-refractivity contribution is -0.118. The van der Waals surface area contributed by atoms with Crippen LogP contribution in [0.15, 0.2) is 58.3 Å². The van der Waals surface area contributed by atoms with E-state index in [1.54, 1.807) is 0 Å². The molecule has 0 heterocycles. The van der Waals surface area contributed by atoms with Gasteiger partial charge in [-0.2, -0.15) is 9.98 Å². The Morgan fingerprint density at radius 2 is 1.68 bits per heavy atom. The van der Waals surface area contributed by atoms with Gasteiger partial charge in [-0.3, -0.25) is 4.79 Å². The summed E-state index contributed by atoms with van der Waals surface area (Å²) in [6, 6.07) is 11.2. The number of rotatable bonds is 12. The maximum atomic E-state index is 12.9. The second kappa shape index (κ2) is 11.8. The summed E-state index contributed by atoms with van der Waals surface area (Å²) in [4.78, 5) is 23.7. The van der Waals surface area contributed by atoms with E-state index in [-0.39, 0.29) is 33.2 Å². The van der Waals surface area contributed by atoms with Gasteiger partial charge in [0.15, 0.2) is 0 Å². The SMILES string of the molecule is CC(=O)CCCCCC(NS(=O)(=O)c1ccc(C#N)cc1)C(=O)Nc1cccc(S(N)(=O)=O)c1. The van der Waals surface area contributed by atoms with Gasteiger partial charge in [0, 0.05) is 12.1 Å². The third kappa shape index (κ3) is 8.35. The minimum atomic E-state index is -4.10. The molecule has 0 aromatic heterocycles. The summed E-state index contributed by atoms with van der Waals surface area (Å²) in [5.74, 6) is -0.638. The highest BCUT2D eigenvalue weighted by Gasteiger charge is 2.26. The second-order valence-electron chi connectivity index (χ2n) is 7.67. The molecular formula is C22H26N4O6S2. The highest BCUT2D eigenvalue weighted by atomic mass is 32.2. The molecule has 0 aliphatic heterocycles. The molecule has 0 spiro atoms. The monoisotopic (exact) mass is 506 g/mol. The van der Waals surface area contributed by atoms with Crippen LogP contribution < -0.4 is 15.2 Å². The van der Waals surface area contributed by atoms with E-state index in [0.29, 0.717) is 25.7 Å². The second-order valence-corrected chi connectivity index (χ2v) is 10.9. The molecule has 0 aliphatic rings. The van der Waals surface area contributed by atoms with Crippen molar-refractivity contribution in [2.45, 2.75) is 54.9 Å². The van der Waals surface area contributed by atoms with Crippen LogP contribution in [0.1, 0.15) is 44.6 Å². The number of nitrogens with one attached hydrogen (secondary N) is 2. The first-order valence-electron chi connectivity index (χ1n) is 10.4. The third-order valence-electron chi connectivity index (χ3n) is 4.86. The minimum Gasteiger partial charge on any atom is -0.325 e. The van der Waals surface area contributed by atoms with E-state index in [1.165, 1.54) is 55.5 Å². The van der Waals surface area contributed by atoms with Crippen LogP contribution in [0.4, 0.5) is 5.69 Å². The molecule has 1 amide bonds. The normalized spacial score (nSPS) is 12.5. The standard InChI is InChI=1S/C22H26N4O6S2/c1-16(27)6-3-2-4-9-21(26-34(31,32)19-12-10-17(15-23)11-13-19)22(28)25-18-7-5-8-20(14-18)33(24,29)30/h5,7-8,10-14,21,26H,2-4,6,9H2,1H3,(H,25,28)(H2,24,29,30). The van der Waals surface area contributed by atoms with Crippen LogP contribution >= 0.6 is 0 Å². The number of hydrogen-bond donors (Lipinski definition) is 3. The number of anilines is 1. The van der Waals surface area contributed by atoms with Crippen molar-refractivity contribution in [3.8, 4) is 6.07 Å². The molecule has 0 bridgehead atoms. The third-order valence-corrected chi connectivity index (χ3v) is 7.26. The first-order chi connectivity index (χ1) is 15.9. The number of hydrogen-bond acceptors (Lipinski definition) is 7. The number of nitriles is 1. The van der Waals surface area contributed by atoms with Crippen LogP contribution in [-0.4, -0.2) is 34.6 Å². The summed E-state index contributed by atoms with van der Waals surface area (Å²) in [7, 11) is -8.09. The van der Waals surface area contributed by atoms with Crippen LogP contribution in [0.3, 0.4) is 0 Å². The Hall–Kier alpha value is -3.11. The molecule has 2 rings (SSSR count). The Morgan fingerprint density at radius 1 is 1.00 bits per heavy atom. The van der Waals surface area contributed by atoms with Crippen molar-refractivity contribution in [1.29, 1.82) is 5.26 Å². The Kier molecular flexibility index (Phi) is 9.46. The summed E-state index contributed by atoms with van der Waals surface area (Å²) in [6.45, 7) is 1.48. The van der Waals surface area contributed by atoms with E-state index in [2.05, 4.69) is 10.0 Å². The summed E-state index contributed by atoms with van der Waals surface area (Å²) >= 11 is 0. The van der Waals surface area contributed by atoms with Gasteiger partial charge in [0.25, 0.3) is 0 Å². The molecule has 10 nitrogen and oxygen atoms in total. The highest BCUT2D eigenvalue weighted by molar-refractivity contribution is 7.89. The van der Waals surface area contributed by atoms with Gasteiger partial charge in [-0.15, -0.1) is 0 Å². The predicted octanol–water partition coefficient (Wildman–Crippen LogP) is 2.03. The fourth-order valence-corrected chi connectivity index (χ4v) is 4.88. The number of amides is 1. The zero-order valence-electron chi connectivity index (χ0n) is 18.5. The first kappa shape index (κ1) is 27.1. The summed E-state index contributed by atoms with van der Waals surface area (Å²) in [5, 5.41) is 16.5. The Labute approximate surface area is 199 Å². The maximum Gasteiger partial charge on any atom is 0.242 e. The van der Waals surface area contributed by atoms with Crippen molar-refractivity contribution in [2.75, 3.05) is 5.32 Å². The topological polar surface area (TPSA) is 176 Å². The van der Waals surface area contributed by atoms with Gasteiger partial charge in [-0.25, -0.2) is 22.0 Å². The number of carbonyl (C=O) groups is 2. The average molecular weight is 507 g/mol. The summed E-state index contributed by atoms with van der Waals surface area (Å²) < 4.78 is 51.2. The van der Waals surface area contributed by atoms with Gasteiger partial charge in [0.1, 0.15) is 11.8 Å². The molecule has 2 aromatic carbocycles. The van der Waals surface area contributed by atoms with Crippen molar-refractivity contribution >= 4 is 37.4 Å². The van der Waals surface area contributed by atoms with E-state index in [1.807, 2.05) is 6.07 Å². The van der Waals surface area contributed by atoms with Crippen molar-refractivity contribution in [3.63, 3.8) is 0 Å². The molecule has 0 saturated carbocycles. The first-order valence-corrected chi connectivity index (χ1v) is 13.4. The van der Waals surface area contributed by atoms with E-state index < -0.39 is 32.0 Å². The quantitative estimate of drug-likeness (QED) is 0.369. The molecular weight excluding hydrogens is 480 g/mol. The number of sulfonamides is 2. The lowest BCUT2D eigenvalue weighted by Crippen LogP contribution is -2.43. The lowest BCUT2D eigenvalue weighted by atomic mass is 10.1. The fourth-order valence-electron chi connectivity index (χ4n) is 3.09. The Balaban J connectivity index is 2.21. The van der Waals surface area contributed by atoms with Crippen LogP contribution in [0.2, 0.25) is 0 Å². The van der Waals surface area contributed by atoms with E-state index in [9.17, 15) is 26.4 Å². The molecule has 182 valence electrons. The summed E-state index contributed by atoms with van der Waals surface area (Å²) in [5.41, 5.74) is 0.420. The van der Waals surface area contributed by atoms with Gasteiger partial charge >= 0.3 is 0 Å². The Morgan fingerprint density at radius 3 is 2.26 bits per heavy atom. The van der Waals surface area contributed by atoms with Gasteiger partial charge in [-0.05, 0) is 62.2 Å². The highest BCUT2D eigenvalue weighted by Crippen LogP contribution is 2.17. The molecule has 34 heavy (non-hydrogen) atoms. The van der Waals surface area contributed by atoms with Crippen molar-refractivity contribution < 1.29 is 26.4 Å². The number of unbranched alkanes of at least 4 members (excludes halogenated alkanes) is 2.